The third kappa shape index (κ3) is 5.97. The van der Waals surface area contributed by atoms with Crippen LogP contribution in [0, 0.1) is 0 Å². The van der Waals surface area contributed by atoms with Crippen molar-refractivity contribution in [2.75, 3.05) is 45.9 Å². The van der Waals surface area contributed by atoms with Crippen molar-refractivity contribution in [2.24, 2.45) is 0 Å². The van der Waals surface area contributed by atoms with Gasteiger partial charge >= 0.3 is 6.18 Å². The molecule has 0 saturated carbocycles. The van der Waals surface area contributed by atoms with Gasteiger partial charge in [-0.05, 0) is 30.2 Å². The number of hydrogen-bond acceptors (Lipinski definition) is 3. The highest BCUT2D eigenvalue weighted by Gasteiger charge is 2.32. The van der Waals surface area contributed by atoms with Crippen molar-refractivity contribution in [3.05, 3.63) is 65.7 Å². The molecule has 27 heavy (non-hydrogen) atoms. The highest BCUT2D eigenvalue weighted by atomic mass is 19.4. The average molecular weight is 378 g/mol. The highest BCUT2D eigenvalue weighted by Crippen LogP contribution is 2.32. The molecule has 0 radical (unpaired) electrons. The van der Waals surface area contributed by atoms with Crippen molar-refractivity contribution in [2.45, 2.75) is 12.6 Å². The van der Waals surface area contributed by atoms with Crippen molar-refractivity contribution in [3.63, 3.8) is 0 Å². The van der Waals surface area contributed by atoms with E-state index in [0.717, 1.165) is 38.5 Å². The summed E-state index contributed by atoms with van der Waals surface area (Å²) in [5.41, 5.74) is -0.134. The van der Waals surface area contributed by atoms with Crippen LogP contribution in [-0.2, 0) is 12.6 Å². The zero-order valence-electron chi connectivity index (χ0n) is 15.3. The zero-order chi connectivity index (χ0) is 19.1. The summed E-state index contributed by atoms with van der Waals surface area (Å²) in [5, 5.41) is 0. The van der Waals surface area contributed by atoms with Gasteiger partial charge in [-0.15, -0.1) is 0 Å². The fraction of sp³-hybridized carbons (Fsp3) is 0.429. The van der Waals surface area contributed by atoms with Crippen LogP contribution in [0.15, 0.2) is 54.6 Å². The van der Waals surface area contributed by atoms with Crippen LogP contribution in [0.25, 0.3) is 0 Å². The lowest BCUT2D eigenvalue weighted by molar-refractivity contribution is -0.138. The van der Waals surface area contributed by atoms with Gasteiger partial charge < -0.3 is 9.64 Å². The first-order valence-electron chi connectivity index (χ1n) is 9.30. The maximum absolute atomic E-state index is 13.1. The highest BCUT2D eigenvalue weighted by molar-refractivity contribution is 5.29. The molecular weight excluding hydrogens is 353 g/mol. The molecule has 3 rings (SSSR count). The van der Waals surface area contributed by atoms with Crippen LogP contribution < -0.4 is 4.74 Å². The van der Waals surface area contributed by atoms with E-state index in [4.69, 9.17) is 4.74 Å². The Balaban J connectivity index is 1.39. The number of alkyl halides is 3. The molecule has 0 spiro atoms. The van der Waals surface area contributed by atoms with Gasteiger partial charge in [0, 0.05) is 39.3 Å². The maximum Gasteiger partial charge on any atom is 0.416 e. The maximum atomic E-state index is 13.1. The molecule has 1 aliphatic heterocycles. The minimum Gasteiger partial charge on any atom is -0.492 e. The molecular formula is C21H25F3N2O. The summed E-state index contributed by atoms with van der Waals surface area (Å²) in [5.74, 6) is 0.875. The van der Waals surface area contributed by atoms with E-state index in [1.165, 1.54) is 12.1 Å². The number of hydrogen-bond donors (Lipinski definition) is 0. The van der Waals surface area contributed by atoms with Crippen LogP contribution in [0.4, 0.5) is 13.2 Å². The first-order chi connectivity index (χ1) is 13.0. The predicted molar refractivity (Wildman–Crippen MR) is 100.0 cm³/mol. The van der Waals surface area contributed by atoms with Crippen molar-refractivity contribution in [1.29, 1.82) is 0 Å². The number of para-hydroxylation sites is 1. The van der Waals surface area contributed by atoms with Gasteiger partial charge in [0.1, 0.15) is 12.4 Å². The van der Waals surface area contributed by atoms with E-state index < -0.39 is 11.7 Å². The Morgan fingerprint density at radius 1 is 0.778 bits per heavy atom. The molecule has 0 atom stereocenters. The molecule has 2 aromatic rings. The van der Waals surface area contributed by atoms with Gasteiger partial charge in [0.2, 0.25) is 0 Å². The van der Waals surface area contributed by atoms with Crippen LogP contribution in [0.5, 0.6) is 5.75 Å². The number of rotatable bonds is 7. The van der Waals surface area contributed by atoms with Gasteiger partial charge in [-0.1, -0.05) is 36.4 Å². The Morgan fingerprint density at radius 2 is 1.37 bits per heavy atom. The molecule has 1 saturated heterocycles. The van der Waals surface area contributed by atoms with E-state index in [0.29, 0.717) is 25.1 Å². The lowest BCUT2D eigenvalue weighted by atomic mass is 10.0. The number of piperazine rings is 1. The third-order valence-corrected chi connectivity index (χ3v) is 4.90. The van der Waals surface area contributed by atoms with E-state index >= 15 is 0 Å². The summed E-state index contributed by atoms with van der Waals surface area (Å²) in [7, 11) is 0. The Hall–Kier alpha value is -2.05. The number of benzene rings is 2. The summed E-state index contributed by atoms with van der Waals surface area (Å²) in [6, 6.07) is 15.6. The molecule has 1 fully saturated rings. The molecule has 1 aliphatic rings. The summed E-state index contributed by atoms with van der Waals surface area (Å²) >= 11 is 0. The lowest BCUT2D eigenvalue weighted by Crippen LogP contribution is -2.47. The van der Waals surface area contributed by atoms with E-state index in [1.807, 2.05) is 30.3 Å². The molecule has 0 aromatic heterocycles. The minimum absolute atomic E-state index is 0.378. The Bertz CT molecular complexity index is 698. The SMILES string of the molecule is FC(F)(F)c1ccccc1CCN1CCN(CCOc2ccccc2)CC1. The Kier molecular flexibility index (Phi) is 6.74. The zero-order valence-corrected chi connectivity index (χ0v) is 15.3. The first-order valence-corrected chi connectivity index (χ1v) is 9.30. The second-order valence-corrected chi connectivity index (χ2v) is 6.75. The molecule has 0 N–H and O–H groups in total. The van der Waals surface area contributed by atoms with Crippen LogP contribution in [0.3, 0.4) is 0 Å². The second-order valence-electron chi connectivity index (χ2n) is 6.75. The predicted octanol–water partition coefficient (Wildman–Crippen LogP) is 3.94. The van der Waals surface area contributed by atoms with Crippen molar-refractivity contribution in [3.8, 4) is 5.75 Å². The van der Waals surface area contributed by atoms with E-state index in [2.05, 4.69) is 9.80 Å². The average Bonchev–Trinajstić information content (AvgIpc) is 2.68. The van der Waals surface area contributed by atoms with Gasteiger partial charge in [-0.2, -0.15) is 13.2 Å². The van der Waals surface area contributed by atoms with E-state index in [9.17, 15) is 13.2 Å². The fourth-order valence-electron chi connectivity index (χ4n) is 3.34. The quantitative estimate of drug-likeness (QED) is 0.726. The summed E-state index contributed by atoms with van der Waals surface area (Å²) in [6.45, 7) is 5.74. The van der Waals surface area contributed by atoms with Gasteiger partial charge in [0.05, 0.1) is 5.56 Å². The van der Waals surface area contributed by atoms with Crippen LogP contribution in [0.2, 0.25) is 0 Å². The normalized spacial score (nSPS) is 16.4. The molecule has 0 unspecified atom stereocenters. The number of ether oxygens (including phenoxy) is 1. The monoisotopic (exact) mass is 378 g/mol. The molecule has 6 heteroatoms. The summed E-state index contributed by atoms with van der Waals surface area (Å²) < 4.78 is 44.9. The molecule has 2 aromatic carbocycles. The van der Waals surface area contributed by atoms with Crippen molar-refractivity contribution < 1.29 is 17.9 Å². The smallest absolute Gasteiger partial charge is 0.416 e. The van der Waals surface area contributed by atoms with E-state index in [-0.39, 0.29) is 0 Å². The Labute approximate surface area is 158 Å². The van der Waals surface area contributed by atoms with Crippen molar-refractivity contribution in [1.82, 2.24) is 9.80 Å². The fourth-order valence-corrected chi connectivity index (χ4v) is 3.34. The molecule has 0 bridgehead atoms. The third-order valence-electron chi connectivity index (χ3n) is 4.90. The topological polar surface area (TPSA) is 15.7 Å². The van der Waals surface area contributed by atoms with Gasteiger partial charge in [0.15, 0.2) is 0 Å². The van der Waals surface area contributed by atoms with Gasteiger partial charge in [-0.25, -0.2) is 0 Å². The summed E-state index contributed by atoms with van der Waals surface area (Å²) in [6.07, 6.45) is -3.86. The first kappa shape index (κ1) is 19.7. The largest absolute Gasteiger partial charge is 0.492 e. The van der Waals surface area contributed by atoms with E-state index in [1.54, 1.807) is 12.1 Å². The summed E-state index contributed by atoms with van der Waals surface area (Å²) in [4.78, 5) is 4.57. The van der Waals surface area contributed by atoms with Crippen molar-refractivity contribution >= 4 is 0 Å². The molecule has 0 aliphatic carbocycles. The molecule has 1 heterocycles. The second kappa shape index (κ2) is 9.24. The lowest BCUT2D eigenvalue weighted by Gasteiger charge is -2.34. The Morgan fingerprint density at radius 3 is 2.04 bits per heavy atom. The molecule has 146 valence electrons. The number of halogens is 3. The van der Waals surface area contributed by atoms with Gasteiger partial charge in [-0.3, -0.25) is 4.90 Å². The minimum atomic E-state index is -4.28. The van der Waals surface area contributed by atoms with Crippen LogP contribution >= 0.6 is 0 Å². The standard InChI is InChI=1S/C21H25F3N2O/c22-21(23,24)20-9-5-4-6-18(20)10-11-25-12-14-26(15-13-25)16-17-27-19-7-2-1-3-8-19/h1-9H,10-17H2. The van der Waals surface area contributed by atoms with Gasteiger partial charge in [0.25, 0.3) is 0 Å². The molecule has 3 nitrogen and oxygen atoms in total. The van der Waals surface area contributed by atoms with Crippen LogP contribution in [-0.4, -0.2) is 55.7 Å². The number of nitrogens with zero attached hydrogens (tertiary/aromatic N) is 2. The van der Waals surface area contributed by atoms with Crippen LogP contribution in [0.1, 0.15) is 11.1 Å². The molecule has 0 amide bonds.